The van der Waals surface area contributed by atoms with E-state index in [0.29, 0.717) is 12.0 Å². The molecule has 0 aromatic heterocycles. The van der Waals surface area contributed by atoms with E-state index < -0.39 is 0 Å². The number of hydrogen-bond acceptors (Lipinski definition) is 3. The Morgan fingerprint density at radius 1 is 1.50 bits per heavy atom. The quantitative estimate of drug-likeness (QED) is 0.677. The van der Waals surface area contributed by atoms with Crippen LogP contribution in [-0.4, -0.2) is 18.5 Å². The Balaban J connectivity index is 3.33. The van der Waals surface area contributed by atoms with Crippen LogP contribution >= 0.6 is 0 Å². The minimum Gasteiger partial charge on any atom is -0.504 e. The van der Waals surface area contributed by atoms with Crippen LogP contribution in [0.5, 0.6) is 11.5 Å². The Hall–Kier alpha value is -1.51. The fourth-order valence-electron chi connectivity index (χ4n) is 1.04. The molecular formula is C9H10O3. The van der Waals surface area contributed by atoms with Crippen LogP contribution in [0.1, 0.15) is 15.9 Å². The third-order valence-corrected chi connectivity index (χ3v) is 1.69. The highest BCUT2D eigenvalue weighted by Crippen LogP contribution is 2.31. The van der Waals surface area contributed by atoms with Gasteiger partial charge in [0.15, 0.2) is 17.8 Å². The van der Waals surface area contributed by atoms with Gasteiger partial charge in [0.05, 0.1) is 12.7 Å². The summed E-state index contributed by atoms with van der Waals surface area (Å²) in [5, 5.41) is 9.41. The van der Waals surface area contributed by atoms with Crippen molar-refractivity contribution in [3.8, 4) is 11.5 Å². The van der Waals surface area contributed by atoms with E-state index in [2.05, 4.69) is 0 Å². The summed E-state index contributed by atoms with van der Waals surface area (Å²) in [5.41, 5.74) is 1.05. The zero-order chi connectivity index (χ0) is 9.14. The number of ether oxygens (including phenoxy) is 1. The van der Waals surface area contributed by atoms with Crippen molar-refractivity contribution in [2.24, 2.45) is 0 Å². The van der Waals surface area contributed by atoms with E-state index in [1.807, 2.05) is 0 Å². The molecule has 0 saturated carbocycles. The molecule has 0 amide bonds. The maximum Gasteiger partial charge on any atom is 0.168 e. The van der Waals surface area contributed by atoms with Gasteiger partial charge >= 0.3 is 0 Å². The average molecular weight is 166 g/mol. The fraction of sp³-hybridized carbons (Fsp3) is 0.222. The van der Waals surface area contributed by atoms with Gasteiger partial charge in [0.25, 0.3) is 0 Å². The summed E-state index contributed by atoms with van der Waals surface area (Å²) in [6.45, 7) is 1.80. The summed E-state index contributed by atoms with van der Waals surface area (Å²) in [5.74, 6) is 0.270. The van der Waals surface area contributed by atoms with Gasteiger partial charge in [0.2, 0.25) is 0 Å². The SMILES string of the molecule is COc1c(C)ccc(C=O)c1O. The van der Waals surface area contributed by atoms with Crippen molar-refractivity contribution >= 4 is 6.29 Å². The summed E-state index contributed by atoms with van der Waals surface area (Å²) in [7, 11) is 1.45. The highest BCUT2D eigenvalue weighted by molar-refractivity contribution is 5.81. The molecule has 0 unspecified atom stereocenters. The second-order valence-corrected chi connectivity index (χ2v) is 2.47. The molecule has 0 bridgehead atoms. The number of rotatable bonds is 2. The van der Waals surface area contributed by atoms with Gasteiger partial charge in [-0.05, 0) is 18.6 Å². The van der Waals surface area contributed by atoms with E-state index in [1.54, 1.807) is 19.1 Å². The largest absolute Gasteiger partial charge is 0.504 e. The number of phenols is 1. The fourth-order valence-corrected chi connectivity index (χ4v) is 1.04. The lowest BCUT2D eigenvalue weighted by atomic mass is 10.1. The van der Waals surface area contributed by atoms with Crippen molar-refractivity contribution < 1.29 is 14.6 Å². The van der Waals surface area contributed by atoms with E-state index in [4.69, 9.17) is 4.74 Å². The molecular weight excluding hydrogens is 156 g/mol. The minimum atomic E-state index is -0.0903. The molecule has 64 valence electrons. The van der Waals surface area contributed by atoms with Crippen LogP contribution < -0.4 is 4.74 Å². The molecule has 0 aliphatic heterocycles. The standard InChI is InChI=1S/C9H10O3/c1-6-3-4-7(5-10)8(11)9(6)12-2/h3-5,11H,1-2H3. The van der Waals surface area contributed by atoms with Gasteiger partial charge in [-0.2, -0.15) is 0 Å². The highest BCUT2D eigenvalue weighted by Gasteiger charge is 2.08. The topological polar surface area (TPSA) is 46.5 Å². The first-order valence-electron chi connectivity index (χ1n) is 3.52. The third-order valence-electron chi connectivity index (χ3n) is 1.69. The monoisotopic (exact) mass is 166 g/mol. The summed E-state index contributed by atoms with van der Waals surface area (Å²) < 4.78 is 4.91. The van der Waals surface area contributed by atoms with Gasteiger partial charge in [0.1, 0.15) is 0 Å². The molecule has 0 saturated heterocycles. The number of methoxy groups -OCH3 is 1. The van der Waals surface area contributed by atoms with Gasteiger partial charge in [0, 0.05) is 0 Å². The number of phenolic OH excluding ortho intramolecular Hbond substituents is 1. The maximum atomic E-state index is 10.4. The van der Waals surface area contributed by atoms with E-state index in [9.17, 15) is 9.90 Å². The van der Waals surface area contributed by atoms with Crippen LogP contribution in [0.3, 0.4) is 0 Å². The molecule has 1 aromatic rings. The van der Waals surface area contributed by atoms with Crippen LogP contribution in [0.25, 0.3) is 0 Å². The minimum absolute atomic E-state index is 0.0903. The van der Waals surface area contributed by atoms with E-state index in [1.165, 1.54) is 7.11 Å². The number of benzene rings is 1. The lowest BCUT2D eigenvalue weighted by Gasteiger charge is -2.07. The second kappa shape index (κ2) is 3.26. The second-order valence-electron chi connectivity index (χ2n) is 2.47. The van der Waals surface area contributed by atoms with Gasteiger partial charge < -0.3 is 9.84 Å². The molecule has 12 heavy (non-hydrogen) atoms. The Morgan fingerprint density at radius 3 is 2.67 bits per heavy atom. The van der Waals surface area contributed by atoms with Crippen molar-refractivity contribution in [3.05, 3.63) is 23.3 Å². The Bertz CT molecular complexity index is 305. The smallest absolute Gasteiger partial charge is 0.168 e. The molecule has 1 aromatic carbocycles. The van der Waals surface area contributed by atoms with Gasteiger partial charge in [-0.3, -0.25) is 4.79 Å². The van der Waals surface area contributed by atoms with Gasteiger partial charge in [-0.25, -0.2) is 0 Å². The van der Waals surface area contributed by atoms with Crippen molar-refractivity contribution in [3.63, 3.8) is 0 Å². The number of carbonyl (C=O) groups excluding carboxylic acids is 1. The predicted octanol–water partition coefficient (Wildman–Crippen LogP) is 1.52. The molecule has 3 heteroatoms. The number of hydrogen-bond donors (Lipinski definition) is 1. The Morgan fingerprint density at radius 2 is 2.17 bits per heavy atom. The number of aromatic hydroxyl groups is 1. The number of aldehydes is 1. The molecule has 3 nitrogen and oxygen atoms in total. The first kappa shape index (κ1) is 8.59. The normalized spacial score (nSPS) is 9.50. The molecule has 0 aliphatic rings. The lowest BCUT2D eigenvalue weighted by molar-refractivity contribution is 0.112. The van der Waals surface area contributed by atoms with E-state index >= 15 is 0 Å². The number of carbonyl (C=O) groups is 1. The Kier molecular flexibility index (Phi) is 2.33. The summed E-state index contributed by atoms with van der Waals surface area (Å²) in [4.78, 5) is 10.4. The zero-order valence-electron chi connectivity index (χ0n) is 7.00. The lowest BCUT2D eigenvalue weighted by Crippen LogP contribution is -1.91. The van der Waals surface area contributed by atoms with E-state index in [-0.39, 0.29) is 11.3 Å². The van der Waals surface area contributed by atoms with E-state index in [0.717, 1.165) is 5.56 Å². The molecule has 1 rings (SSSR count). The van der Waals surface area contributed by atoms with Crippen LogP contribution in [0.2, 0.25) is 0 Å². The average Bonchev–Trinajstić information content (AvgIpc) is 2.06. The van der Waals surface area contributed by atoms with Crippen LogP contribution in [0, 0.1) is 6.92 Å². The summed E-state index contributed by atoms with van der Waals surface area (Å²) >= 11 is 0. The molecule has 0 atom stereocenters. The predicted molar refractivity (Wildman–Crippen MR) is 44.8 cm³/mol. The highest BCUT2D eigenvalue weighted by atomic mass is 16.5. The summed E-state index contributed by atoms with van der Waals surface area (Å²) in [6.07, 6.45) is 0.595. The van der Waals surface area contributed by atoms with Crippen molar-refractivity contribution in [1.82, 2.24) is 0 Å². The molecule has 0 spiro atoms. The zero-order valence-corrected chi connectivity index (χ0v) is 7.00. The van der Waals surface area contributed by atoms with Crippen LogP contribution in [-0.2, 0) is 0 Å². The Labute approximate surface area is 70.6 Å². The number of aryl methyl sites for hydroxylation is 1. The van der Waals surface area contributed by atoms with Crippen molar-refractivity contribution in [2.45, 2.75) is 6.92 Å². The molecule has 0 heterocycles. The molecule has 1 N–H and O–H groups in total. The first-order valence-corrected chi connectivity index (χ1v) is 3.52. The first-order chi connectivity index (χ1) is 5.70. The van der Waals surface area contributed by atoms with Crippen molar-refractivity contribution in [1.29, 1.82) is 0 Å². The van der Waals surface area contributed by atoms with Crippen LogP contribution in [0.4, 0.5) is 0 Å². The van der Waals surface area contributed by atoms with Gasteiger partial charge in [-0.15, -0.1) is 0 Å². The molecule has 0 radical (unpaired) electrons. The molecule has 0 fully saturated rings. The summed E-state index contributed by atoms with van der Waals surface area (Å²) in [6, 6.07) is 3.28. The van der Waals surface area contributed by atoms with Gasteiger partial charge in [-0.1, -0.05) is 6.07 Å². The maximum absolute atomic E-state index is 10.4. The van der Waals surface area contributed by atoms with Crippen molar-refractivity contribution in [2.75, 3.05) is 7.11 Å². The molecule has 0 aliphatic carbocycles. The third kappa shape index (κ3) is 1.25. The van der Waals surface area contributed by atoms with Crippen LogP contribution in [0.15, 0.2) is 12.1 Å².